The number of hydrogen-bond acceptors (Lipinski definition) is 3. The molecule has 3 unspecified atom stereocenters. The Kier molecular flexibility index (Phi) is 4.85. The van der Waals surface area contributed by atoms with Gasteiger partial charge in [0.15, 0.2) is 0 Å². The number of nitrogens with one attached hydrogen (secondary N) is 1. The average molecular weight is 200 g/mol. The summed E-state index contributed by atoms with van der Waals surface area (Å²) in [6, 6.07) is 0.658. The van der Waals surface area contributed by atoms with Crippen LogP contribution in [0.3, 0.4) is 0 Å². The summed E-state index contributed by atoms with van der Waals surface area (Å²) in [6.45, 7) is 9.66. The molecule has 3 atom stereocenters. The van der Waals surface area contributed by atoms with Crippen molar-refractivity contribution in [3.05, 3.63) is 0 Å². The molecule has 2 N–H and O–H groups in total. The van der Waals surface area contributed by atoms with Gasteiger partial charge in [0.1, 0.15) is 0 Å². The van der Waals surface area contributed by atoms with Crippen LogP contribution in [0.2, 0.25) is 0 Å². The predicted octanol–water partition coefficient (Wildman–Crippen LogP) is 0.830. The highest BCUT2D eigenvalue weighted by molar-refractivity contribution is 4.76. The van der Waals surface area contributed by atoms with Gasteiger partial charge < -0.3 is 15.3 Å². The van der Waals surface area contributed by atoms with Crippen LogP contribution < -0.4 is 5.32 Å². The van der Waals surface area contributed by atoms with Crippen molar-refractivity contribution in [2.75, 3.05) is 19.6 Å². The standard InChI is InChI=1S/C11H24N2O/c1-9(12-10(2)11(3)14)8-13-6-4-5-7-13/h9-12,14H,4-8H2,1-3H3. The van der Waals surface area contributed by atoms with Crippen LogP contribution in [0.4, 0.5) is 0 Å². The van der Waals surface area contributed by atoms with Crippen LogP contribution in [0.15, 0.2) is 0 Å². The molecule has 0 aliphatic carbocycles. The largest absolute Gasteiger partial charge is 0.392 e. The van der Waals surface area contributed by atoms with Crippen molar-refractivity contribution in [3.63, 3.8) is 0 Å². The maximum Gasteiger partial charge on any atom is 0.0662 e. The summed E-state index contributed by atoms with van der Waals surface area (Å²) in [5.41, 5.74) is 0. The third-order valence-electron chi connectivity index (χ3n) is 3.00. The summed E-state index contributed by atoms with van der Waals surface area (Å²) in [4.78, 5) is 2.49. The maximum absolute atomic E-state index is 9.35. The van der Waals surface area contributed by atoms with E-state index < -0.39 is 0 Å². The zero-order chi connectivity index (χ0) is 10.6. The summed E-state index contributed by atoms with van der Waals surface area (Å²) < 4.78 is 0. The summed E-state index contributed by atoms with van der Waals surface area (Å²) in [5.74, 6) is 0. The number of rotatable bonds is 5. The molecule has 14 heavy (non-hydrogen) atoms. The Morgan fingerprint density at radius 1 is 1.21 bits per heavy atom. The van der Waals surface area contributed by atoms with Crippen LogP contribution in [0, 0.1) is 0 Å². The van der Waals surface area contributed by atoms with E-state index in [4.69, 9.17) is 0 Å². The molecule has 1 saturated heterocycles. The van der Waals surface area contributed by atoms with Crippen molar-refractivity contribution in [1.82, 2.24) is 10.2 Å². The fourth-order valence-corrected chi connectivity index (χ4v) is 1.99. The van der Waals surface area contributed by atoms with Crippen LogP contribution in [0.25, 0.3) is 0 Å². The number of hydrogen-bond donors (Lipinski definition) is 2. The zero-order valence-corrected chi connectivity index (χ0v) is 9.66. The van der Waals surface area contributed by atoms with E-state index in [9.17, 15) is 5.11 Å². The van der Waals surface area contributed by atoms with E-state index in [2.05, 4.69) is 17.1 Å². The molecule has 0 amide bonds. The molecule has 84 valence electrons. The molecule has 0 radical (unpaired) electrons. The molecular formula is C11H24N2O. The molecule has 0 aromatic carbocycles. The molecule has 0 aromatic rings. The molecule has 0 aromatic heterocycles. The molecule has 1 fully saturated rings. The van der Waals surface area contributed by atoms with E-state index in [0.717, 1.165) is 6.54 Å². The minimum Gasteiger partial charge on any atom is -0.392 e. The zero-order valence-electron chi connectivity index (χ0n) is 9.66. The predicted molar refractivity (Wildman–Crippen MR) is 59.4 cm³/mol. The number of likely N-dealkylation sites (tertiary alicyclic amines) is 1. The van der Waals surface area contributed by atoms with Crippen molar-refractivity contribution in [2.45, 2.75) is 51.8 Å². The molecule has 1 heterocycles. The minimum atomic E-state index is -0.268. The van der Waals surface area contributed by atoms with Gasteiger partial charge in [-0.15, -0.1) is 0 Å². The van der Waals surface area contributed by atoms with Gasteiger partial charge in [0.2, 0.25) is 0 Å². The van der Waals surface area contributed by atoms with Crippen molar-refractivity contribution in [3.8, 4) is 0 Å². The Bertz CT molecular complexity index is 151. The van der Waals surface area contributed by atoms with Gasteiger partial charge in [-0.2, -0.15) is 0 Å². The fourth-order valence-electron chi connectivity index (χ4n) is 1.99. The molecule has 1 aliphatic heterocycles. The molecule has 1 aliphatic rings. The van der Waals surface area contributed by atoms with Gasteiger partial charge in [-0.1, -0.05) is 0 Å². The van der Waals surface area contributed by atoms with Gasteiger partial charge in [0.25, 0.3) is 0 Å². The van der Waals surface area contributed by atoms with Gasteiger partial charge in [-0.05, 0) is 46.7 Å². The Balaban J connectivity index is 2.17. The second kappa shape index (κ2) is 5.69. The first-order valence-electron chi connectivity index (χ1n) is 5.76. The van der Waals surface area contributed by atoms with Crippen LogP contribution in [0.1, 0.15) is 33.6 Å². The summed E-state index contributed by atoms with van der Waals surface area (Å²) in [5, 5.41) is 12.8. The number of aliphatic hydroxyl groups excluding tert-OH is 1. The second-order valence-corrected chi connectivity index (χ2v) is 4.60. The normalized spacial score (nSPS) is 24.9. The first kappa shape index (κ1) is 12.0. The second-order valence-electron chi connectivity index (χ2n) is 4.60. The summed E-state index contributed by atoms with van der Waals surface area (Å²) in [6.07, 6.45) is 2.42. The van der Waals surface area contributed by atoms with Crippen molar-refractivity contribution < 1.29 is 5.11 Å². The van der Waals surface area contributed by atoms with Gasteiger partial charge in [-0.25, -0.2) is 0 Å². The minimum absolute atomic E-state index is 0.188. The fraction of sp³-hybridized carbons (Fsp3) is 1.00. The van der Waals surface area contributed by atoms with E-state index in [1.54, 1.807) is 0 Å². The van der Waals surface area contributed by atoms with E-state index in [1.165, 1.54) is 25.9 Å². The lowest BCUT2D eigenvalue weighted by atomic mass is 10.2. The van der Waals surface area contributed by atoms with Gasteiger partial charge in [0, 0.05) is 18.6 Å². The lowest BCUT2D eigenvalue weighted by Crippen LogP contribution is -2.46. The van der Waals surface area contributed by atoms with Gasteiger partial charge in [0.05, 0.1) is 6.10 Å². The van der Waals surface area contributed by atoms with E-state index in [0.29, 0.717) is 6.04 Å². The highest BCUT2D eigenvalue weighted by Crippen LogP contribution is 2.07. The van der Waals surface area contributed by atoms with E-state index in [1.807, 2.05) is 13.8 Å². The average Bonchev–Trinajstić information content (AvgIpc) is 2.56. The third kappa shape index (κ3) is 3.95. The van der Waals surface area contributed by atoms with Crippen LogP contribution in [0.5, 0.6) is 0 Å². The summed E-state index contributed by atoms with van der Waals surface area (Å²) in [7, 11) is 0. The highest BCUT2D eigenvalue weighted by Gasteiger charge is 2.17. The Morgan fingerprint density at radius 3 is 2.29 bits per heavy atom. The molecular weight excluding hydrogens is 176 g/mol. The summed E-state index contributed by atoms with van der Waals surface area (Å²) >= 11 is 0. The molecule has 0 spiro atoms. The van der Waals surface area contributed by atoms with Crippen LogP contribution in [-0.2, 0) is 0 Å². The highest BCUT2D eigenvalue weighted by atomic mass is 16.3. The lowest BCUT2D eigenvalue weighted by molar-refractivity contribution is 0.142. The number of nitrogens with zero attached hydrogens (tertiary/aromatic N) is 1. The van der Waals surface area contributed by atoms with Crippen LogP contribution >= 0.6 is 0 Å². The maximum atomic E-state index is 9.35. The smallest absolute Gasteiger partial charge is 0.0662 e. The van der Waals surface area contributed by atoms with Crippen LogP contribution in [-0.4, -0.2) is 47.8 Å². The number of aliphatic hydroxyl groups is 1. The monoisotopic (exact) mass is 200 g/mol. The Hall–Kier alpha value is -0.120. The topological polar surface area (TPSA) is 35.5 Å². The molecule has 3 nitrogen and oxygen atoms in total. The molecule has 0 saturated carbocycles. The van der Waals surface area contributed by atoms with E-state index >= 15 is 0 Å². The molecule has 0 bridgehead atoms. The van der Waals surface area contributed by atoms with E-state index in [-0.39, 0.29) is 12.1 Å². The quantitative estimate of drug-likeness (QED) is 0.690. The molecule has 1 rings (SSSR count). The SMILES string of the molecule is CC(CN1CCCC1)NC(C)C(C)O. The third-order valence-corrected chi connectivity index (χ3v) is 3.00. The Morgan fingerprint density at radius 2 is 1.79 bits per heavy atom. The molecule has 3 heteroatoms. The first-order valence-corrected chi connectivity index (χ1v) is 5.76. The lowest BCUT2D eigenvalue weighted by Gasteiger charge is -2.25. The Labute approximate surface area is 87.5 Å². The van der Waals surface area contributed by atoms with Crippen molar-refractivity contribution in [1.29, 1.82) is 0 Å². The van der Waals surface area contributed by atoms with Crippen molar-refractivity contribution in [2.24, 2.45) is 0 Å². The first-order chi connectivity index (χ1) is 6.59. The van der Waals surface area contributed by atoms with Gasteiger partial charge >= 0.3 is 0 Å². The van der Waals surface area contributed by atoms with Crippen molar-refractivity contribution >= 4 is 0 Å². The van der Waals surface area contributed by atoms with Gasteiger partial charge in [-0.3, -0.25) is 0 Å².